The van der Waals surface area contributed by atoms with Gasteiger partial charge in [0.05, 0.1) is 12.3 Å². The number of hydrogen-bond donors (Lipinski definition) is 0. The van der Waals surface area contributed by atoms with Gasteiger partial charge in [-0.25, -0.2) is 4.68 Å². The maximum Gasteiger partial charge on any atom is 0.141 e. The van der Waals surface area contributed by atoms with E-state index < -0.39 is 0 Å². The molecule has 2 atom stereocenters. The van der Waals surface area contributed by atoms with Gasteiger partial charge in [-0.2, -0.15) is 5.10 Å². The zero-order valence-electron chi connectivity index (χ0n) is 12.4. The number of benzene rings is 1. The molecule has 0 N–H and O–H groups in total. The third kappa shape index (κ3) is 2.06. The van der Waals surface area contributed by atoms with E-state index in [4.69, 9.17) is 0 Å². The highest BCUT2D eigenvalue weighted by Gasteiger charge is 2.35. The summed E-state index contributed by atoms with van der Waals surface area (Å²) in [5.74, 6) is 0.434. The van der Waals surface area contributed by atoms with E-state index in [1.54, 1.807) is 17.3 Å². The molecule has 1 aliphatic carbocycles. The second-order valence-corrected chi connectivity index (χ2v) is 5.47. The van der Waals surface area contributed by atoms with Gasteiger partial charge >= 0.3 is 0 Å². The van der Waals surface area contributed by atoms with Gasteiger partial charge in [0.15, 0.2) is 0 Å². The van der Waals surface area contributed by atoms with Gasteiger partial charge in [0.2, 0.25) is 0 Å². The smallest absolute Gasteiger partial charge is 0.141 e. The molecule has 110 valence electrons. The fourth-order valence-electron chi connectivity index (χ4n) is 3.30. The van der Waals surface area contributed by atoms with Gasteiger partial charge in [-0.1, -0.05) is 36.4 Å². The Balaban J connectivity index is 1.65. The van der Waals surface area contributed by atoms with Gasteiger partial charge in [-0.3, -0.25) is 0 Å². The Morgan fingerprint density at radius 1 is 1.23 bits per heavy atom. The largest absolute Gasteiger partial charge is 0.364 e. The number of likely N-dealkylation sites (N-methyl/N-ethyl adjacent to an activating group) is 1. The highest BCUT2D eigenvalue weighted by atomic mass is 15.4. The van der Waals surface area contributed by atoms with E-state index >= 15 is 0 Å². The predicted molar refractivity (Wildman–Crippen MR) is 87.1 cm³/mol. The maximum absolute atomic E-state index is 4.33. The molecule has 2 unspecified atom stereocenters. The van der Waals surface area contributed by atoms with Crippen LogP contribution < -0.4 is 4.90 Å². The molecule has 0 saturated heterocycles. The van der Waals surface area contributed by atoms with Crippen LogP contribution in [0, 0.1) is 0 Å². The molecule has 1 aromatic carbocycles. The molecule has 0 fully saturated rings. The van der Waals surface area contributed by atoms with E-state index in [1.165, 1.54) is 11.3 Å². The van der Waals surface area contributed by atoms with Gasteiger partial charge in [0.1, 0.15) is 12.7 Å². The standard InChI is InChI=1S/C17H17N5/c1-2-22-16-6-4-3-5-14(16)15-8-7-13(9-17(15)22)10-20-21-11-18-19-12-21/h3-12,15,17H,2H2,1H3/b20-10+. The number of nitrogens with zero attached hydrogens (tertiary/aromatic N) is 5. The number of fused-ring (bicyclic) bond motifs is 3. The Kier molecular flexibility index (Phi) is 3.11. The lowest BCUT2D eigenvalue weighted by Gasteiger charge is -2.28. The van der Waals surface area contributed by atoms with Gasteiger partial charge in [-0.15, -0.1) is 10.2 Å². The molecule has 0 amide bonds. The first kappa shape index (κ1) is 13.0. The van der Waals surface area contributed by atoms with Crippen molar-refractivity contribution >= 4 is 11.9 Å². The first-order valence-corrected chi connectivity index (χ1v) is 7.51. The van der Waals surface area contributed by atoms with Crippen LogP contribution in [-0.4, -0.2) is 33.7 Å². The molecule has 0 radical (unpaired) electrons. The Morgan fingerprint density at radius 2 is 2.05 bits per heavy atom. The van der Waals surface area contributed by atoms with E-state index in [-0.39, 0.29) is 0 Å². The normalized spacial score (nSPS) is 22.8. The highest BCUT2D eigenvalue weighted by Crippen LogP contribution is 2.43. The van der Waals surface area contributed by atoms with E-state index in [0.717, 1.165) is 12.1 Å². The predicted octanol–water partition coefficient (Wildman–Crippen LogP) is 2.60. The Bertz CT molecular complexity index is 757. The lowest BCUT2D eigenvalue weighted by molar-refractivity contribution is 0.686. The number of anilines is 1. The topological polar surface area (TPSA) is 46.3 Å². The van der Waals surface area contributed by atoms with Crippen LogP contribution in [0.4, 0.5) is 5.69 Å². The molecule has 2 heterocycles. The molecule has 2 aliphatic rings. The molecule has 0 saturated carbocycles. The van der Waals surface area contributed by atoms with E-state index in [1.807, 2.05) is 6.21 Å². The van der Waals surface area contributed by atoms with Gasteiger partial charge in [0, 0.05) is 18.2 Å². The fraction of sp³-hybridized carbons (Fsp3) is 0.235. The molecular formula is C17H17N5. The van der Waals surface area contributed by atoms with Crippen molar-refractivity contribution in [3.8, 4) is 0 Å². The minimum Gasteiger partial charge on any atom is -0.364 e. The van der Waals surface area contributed by atoms with Crippen molar-refractivity contribution in [3.05, 3.63) is 66.3 Å². The highest BCUT2D eigenvalue weighted by molar-refractivity contribution is 5.84. The molecule has 0 spiro atoms. The first-order chi connectivity index (χ1) is 10.9. The van der Waals surface area contributed by atoms with Crippen molar-refractivity contribution < 1.29 is 0 Å². The summed E-state index contributed by atoms with van der Waals surface area (Å²) >= 11 is 0. The van der Waals surface area contributed by atoms with Crippen LogP contribution in [0.5, 0.6) is 0 Å². The van der Waals surface area contributed by atoms with Gasteiger partial charge < -0.3 is 4.90 Å². The van der Waals surface area contributed by atoms with Gasteiger partial charge in [0.25, 0.3) is 0 Å². The molecule has 4 rings (SSSR count). The molecule has 22 heavy (non-hydrogen) atoms. The summed E-state index contributed by atoms with van der Waals surface area (Å²) in [6, 6.07) is 9.05. The lowest BCUT2D eigenvalue weighted by Crippen LogP contribution is -2.33. The second kappa shape index (κ2) is 5.26. The molecule has 1 aromatic heterocycles. The average Bonchev–Trinajstić information content (AvgIpc) is 3.18. The summed E-state index contributed by atoms with van der Waals surface area (Å²) < 4.78 is 1.60. The van der Waals surface area contributed by atoms with Crippen molar-refractivity contribution in [2.24, 2.45) is 5.10 Å². The second-order valence-electron chi connectivity index (χ2n) is 5.47. The SMILES string of the molecule is CCN1c2ccccc2C2C=CC(/C=N/n3cnnc3)=CC21. The molecule has 5 nitrogen and oxygen atoms in total. The van der Waals surface area contributed by atoms with E-state index in [2.05, 4.69) is 69.6 Å². The molecule has 5 heteroatoms. The molecule has 1 aliphatic heterocycles. The summed E-state index contributed by atoms with van der Waals surface area (Å²) in [6.07, 6.45) is 11.7. The van der Waals surface area contributed by atoms with E-state index in [0.29, 0.717) is 12.0 Å². The lowest BCUT2D eigenvalue weighted by atomic mass is 9.89. The maximum atomic E-state index is 4.33. The first-order valence-electron chi connectivity index (χ1n) is 7.51. The third-order valence-corrected chi connectivity index (χ3v) is 4.28. The van der Waals surface area contributed by atoms with Gasteiger partial charge in [-0.05, 0) is 24.1 Å². The van der Waals surface area contributed by atoms with Crippen molar-refractivity contribution in [1.29, 1.82) is 0 Å². The Labute approximate surface area is 129 Å². The van der Waals surface area contributed by atoms with Crippen molar-refractivity contribution in [1.82, 2.24) is 14.9 Å². The number of hydrogen-bond acceptors (Lipinski definition) is 4. The number of rotatable bonds is 3. The minimum absolute atomic E-state index is 0.370. The van der Waals surface area contributed by atoms with Crippen LogP contribution in [-0.2, 0) is 0 Å². The summed E-state index contributed by atoms with van der Waals surface area (Å²) in [5, 5.41) is 11.8. The van der Waals surface area contributed by atoms with Crippen molar-refractivity contribution in [2.75, 3.05) is 11.4 Å². The Morgan fingerprint density at radius 3 is 2.86 bits per heavy atom. The zero-order valence-corrected chi connectivity index (χ0v) is 12.4. The van der Waals surface area contributed by atoms with E-state index in [9.17, 15) is 0 Å². The van der Waals surface area contributed by atoms with Crippen LogP contribution in [0.15, 0.2) is 65.8 Å². The zero-order chi connectivity index (χ0) is 14.9. The summed E-state index contributed by atoms with van der Waals surface area (Å²) in [4.78, 5) is 2.45. The van der Waals surface area contributed by atoms with Crippen LogP contribution in [0.25, 0.3) is 0 Å². The van der Waals surface area contributed by atoms with Crippen LogP contribution in [0.3, 0.4) is 0 Å². The number of aromatic nitrogens is 3. The van der Waals surface area contributed by atoms with Crippen LogP contribution in [0.1, 0.15) is 18.4 Å². The summed E-state index contributed by atoms with van der Waals surface area (Å²) in [5.41, 5.74) is 3.87. The van der Waals surface area contributed by atoms with Crippen molar-refractivity contribution in [2.45, 2.75) is 18.9 Å². The fourth-order valence-corrected chi connectivity index (χ4v) is 3.30. The minimum atomic E-state index is 0.370. The number of allylic oxidation sites excluding steroid dienone is 2. The molecular weight excluding hydrogens is 274 g/mol. The quantitative estimate of drug-likeness (QED) is 0.817. The molecule has 2 aromatic rings. The number of para-hydroxylation sites is 1. The van der Waals surface area contributed by atoms with Crippen LogP contribution in [0.2, 0.25) is 0 Å². The summed E-state index contributed by atoms with van der Waals surface area (Å²) in [7, 11) is 0. The van der Waals surface area contributed by atoms with Crippen molar-refractivity contribution in [3.63, 3.8) is 0 Å². The Hall–Kier alpha value is -2.69. The molecule has 0 bridgehead atoms. The van der Waals surface area contributed by atoms with Crippen LogP contribution >= 0.6 is 0 Å². The summed E-state index contributed by atoms with van der Waals surface area (Å²) in [6.45, 7) is 3.20. The average molecular weight is 291 g/mol. The third-order valence-electron chi connectivity index (χ3n) is 4.28. The monoisotopic (exact) mass is 291 g/mol.